The molecule has 5 nitrogen and oxygen atoms in total. The van der Waals surface area contributed by atoms with Gasteiger partial charge in [-0.05, 0) is 62.0 Å². The van der Waals surface area contributed by atoms with Gasteiger partial charge >= 0.3 is 0 Å². The Morgan fingerprint density at radius 1 is 1.03 bits per heavy atom. The van der Waals surface area contributed by atoms with E-state index < -0.39 is 5.54 Å². The molecule has 6 heteroatoms. The number of nitrogens with two attached hydrogens (primary N) is 1. The lowest BCUT2D eigenvalue weighted by atomic mass is 9.72. The predicted molar refractivity (Wildman–Crippen MR) is 143 cm³/mol. The van der Waals surface area contributed by atoms with Gasteiger partial charge in [0.05, 0.1) is 10.5 Å². The Morgan fingerprint density at radius 2 is 1.80 bits per heavy atom. The molecular formula is C29H39ClN4O. The molecule has 2 saturated carbocycles. The van der Waals surface area contributed by atoms with Crippen LogP contribution in [0.4, 0.5) is 0 Å². The number of likely N-dealkylation sites (N-methyl/N-ethyl adjacent to an activating group) is 1. The number of aliphatic imine (C=N–C) groups is 1. The van der Waals surface area contributed by atoms with Gasteiger partial charge in [0.1, 0.15) is 5.54 Å². The number of halogens is 1. The van der Waals surface area contributed by atoms with Gasteiger partial charge in [-0.1, -0.05) is 81.2 Å². The minimum Gasteiger partial charge on any atom is -0.369 e. The molecule has 0 saturated heterocycles. The van der Waals surface area contributed by atoms with E-state index in [9.17, 15) is 4.79 Å². The largest absolute Gasteiger partial charge is 0.369 e. The van der Waals surface area contributed by atoms with Crippen molar-refractivity contribution in [2.45, 2.75) is 89.0 Å². The maximum Gasteiger partial charge on any atom is 0.257 e. The summed E-state index contributed by atoms with van der Waals surface area (Å²) in [7, 11) is 1.78. The van der Waals surface area contributed by atoms with Crippen LogP contribution in [-0.2, 0) is 11.2 Å². The van der Waals surface area contributed by atoms with E-state index in [2.05, 4.69) is 18.2 Å². The summed E-state index contributed by atoms with van der Waals surface area (Å²) >= 11 is 6.41. The highest BCUT2D eigenvalue weighted by Crippen LogP contribution is 2.42. The maximum atomic E-state index is 13.4. The quantitative estimate of drug-likeness (QED) is 0.476. The molecule has 0 spiro atoms. The van der Waals surface area contributed by atoms with Gasteiger partial charge in [-0.15, -0.1) is 0 Å². The monoisotopic (exact) mass is 494 g/mol. The van der Waals surface area contributed by atoms with Crippen LogP contribution in [-0.4, -0.2) is 34.3 Å². The highest BCUT2D eigenvalue weighted by Gasteiger charge is 2.48. The first-order valence-corrected chi connectivity index (χ1v) is 14.0. The topological polar surface area (TPSA) is 71.6 Å². The van der Waals surface area contributed by atoms with Crippen LogP contribution >= 0.6 is 11.6 Å². The fourth-order valence-electron chi connectivity index (χ4n) is 6.89. The molecule has 2 aliphatic carbocycles. The number of benzene rings is 1. The van der Waals surface area contributed by atoms with Gasteiger partial charge in [0, 0.05) is 18.1 Å². The van der Waals surface area contributed by atoms with Crippen LogP contribution in [0, 0.1) is 17.8 Å². The third kappa shape index (κ3) is 5.35. The van der Waals surface area contributed by atoms with Crippen LogP contribution in [0.15, 0.2) is 35.3 Å². The summed E-state index contributed by atoms with van der Waals surface area (Å²) in [5, 5.41) is 1.80. The van der Waals surface area contributed by atoms with Crippen LogP contribution in [0.3, 0.4) is 0 Å². The first-order valence-electron chi connectivity index (χ1n) is 13.6. The molecule has 1 aromatic heterocycles. The molecule has 1 amide bonds. The normalized spacial score (nSPS) is 28.0. The number of amides is 1. The first-order chi connectivity index (χ1) is 16.9. The smallest absolute Gasteiger partial charge is 0.257 e. The summed E-state index contributed by atoms with van der Waals surface area (Å²) in [4.78, 5) is 24.8. The van der Waals surface area contributed by atoms with Crippen molar-refractivity contribution in [2.24, 2.45) is 28.5 Å². The summed E-state index contributed by atoms with van der Waals surface area (Å²) in [5.41, 5.74) is 7.53. The van der Waals surface area contributed by atoms with E-state index in [1.807, 2.05) is 12.1 Å². The second kappa shape index (κ2) is 10.5. The molecule has 0 unspecified atom stereocenters. The molecule has 1 aliphatic heterocycles. The molecule has 2 N–H and O–H groups in total. The number of para-hydroxylation sites is 1. The summed E-state index contributed by atoms with van der Waals surface area (Å²) in [6.07, 6.45) is 15.1. The summed E-state index contributed by atoms with van der Waals surface area (Å²) in [5.74, 6) is 2.31. The zero-order chi connectivity index (χ0) is 24.4. The van der Waals surface area contributed by atoms with Gasteiger partial charge in [0.25, 0.3) is 5.91 Å². The second-order valence-electron chi connectivity index (χ2n) is 11.3. The van der Waals surface area contributed by atoms with E-state index in [1.165, 1.54) is 51.4 Å². The third-order valence-corrected chi connectivity index (χ3v) is 9.12. The molecule has 0 radical (unpaired) electrons. The number of guanidine groups is 1. The van der Waals surface area contributed by atoms with Crippen molar-refractivity contribution in [1.29, 1.82) is 0 Å². The van der Waals surface area contributed by atoms with Crippen molar-refractivity contribution in [3.05, 3.63) is 41.0 Å². The Labute approximate surface area is 214 Å². The minimum atomic E-state index is -0.655. The zero-order valence-electron chi connectivity index (χ0n) is 21.0. The SMILES string of the molecule is CN1C(=O)[C@](CCC2CCCCC2)(C[C@H]2CCC[C@@H](Cc3ccc4cccc(Cl)c4n3)C2)N=C1N. The standard InChI is InChI=1S/C29H39ClN4O/c1-34-27(35)29(33-28(34)31,16-15-20-7-3-2-4-8-20)19-22-10-5-9-21(17-22)18-24-14-13-23-11-6-12-25(30)26(23)32-24/h6,11-14,20-22H,2-5,7-10,15-19H2,1H3,(H2,31,33)/t21-,22+,29+/m1/s1. The average molecular weight is 495 g/mol. The fraction of sp³-hybridized carbons (Fsp3) is 0.621. The van der Waals surface area contributed by atoms with Gasteiger partial charge in [0.2, 0.25) is 0 Å². The van der Waals surface area contributed by atoms with Crippen molar-refractivity contribution in [3.63, 3.8) is 0 Å². The number of hydrogen-bond donors (Lipinski definition) is 1. The van der Waals surface area contributed by atoms with Crippen molar-refractivity contribution in [3.8, 4) is 0 Å². The van der Waals surface area contributed by atoms with E-state index in [1.54, 1.807) is 11.9 Å². The first kappa shape index (κ1) is 24.5. The van der Waals surface area contributed by atoms with Crippen molar-refractivity contribution in [2.75, 3.05) is 7.05 Å². The summed E-state index contributed by atoms with van der Waals surface area (Å²) in [6.45, 7) is 0. The lowest BCUT2D eigenvalue weighted by molar-refractivity contribution is -0.131. The van der Waals surface area contributed by atoms with E-state index >= 15 is 0 Å². The average Bonchev–Trinajstić information content (AvgIpc) is 3.08. The maximum absolute atomic E-state index is 13.4. The molecule has 1 aromatic carbocycles. The number of pyridine rings is 1. The number of aromatic nitrogens is 1. The predicted octanol–water partition coefficient (Wildman–Crippen LogP) is 6.51. The van der Waals surface area contributed by atoms with Crippen molar-refractivity contribution in [1.82, 2.24) is 9.88 Å². The summed E-state index contributed by atoms with van der Waals surface area (Å²) in [6, 6.07) is 10.2. The molecule has 35 heavy (non-hydrogen) atoms. The van der Waals surface area contributed by atoms with Crippen molar-refractivity contribution >= 4 is 34.4 Å². The van der Waals surface area contributed by atoms with E-state index in [0.717, 1.165) is 54.6 Å². The van der Waals surface area contributed by atoms with Crippen molar-refractivity contribution < 1.29 is 4.79 Å². The molecule has 0 bridgehead atoms. The molecule has 2 heterocycles. The minimum absolute atomic E-state index is 0.110. The molecule has 3 atom stereocenters. The zero-order valence-corrected chi connectivity index (χ0v) is 21.8. The van der Waals surface area contributed by atoms with Crippen LogP contribution in [0.2, 0.25) is 5.02 Å². The van der Waals surface area contributed by atoms with Gasteiger partial charge in [-0.2, -0.15) is 0 Å². The number of carbonyl (C=O) groups is 1. The molecule has 3 aliphatic rings. The van der Waals surface area contributed by atoms with Gasteiger partial charge in [-0.25, -0.2) is 4.99 Å². The Bertz CT molecular complexity index is 1100. The van der Waals surface area contributed by atoms with Crippen LogP contribution in [0.1, 0.15) is 82.7 Å². The molecule has 2 fully saturated rings. The molecule has 5 rings (SSSR count). The Balaban J connectivity index is 1.27. The lowest BCUT2D eigenvalue weighted by Crippen LogP contribution is -2.44. The highest BCUT2D eigenvalue weighted by molar-refractivity contribution is 6.35. The van der Waals surface area contributed by atoms with E-state index in [0.29, 0.717) is 22.8 Å². The van der Waals surface area contributed by atoms with E-state index in [4.69, 9.17) is 27.3 Å². The number of nitrogens with zero attached hydrogens (tertiary/aromatic N) is 3. The summed E-state index contributed by atoms with van der Waals surface area (Å²) < 4.78 is 0. The number of fused-ring (bicyclic) bond motifs is 1. The Morgan fingerprint density at radius 3 is 2.57 bits per heavy atom. The second-order valence-corrected chi connectivity index (χ2v) is 11.7. The van der Waals surface area contributed by atoms with E-state index in [-0.39, 0.29) is 5.91 Å². The molecule has 2 aromatic rings. The third-order valence-electron chi connectivity index (χ3n) is 8.81. The van der Waals surface area contributed by atoms with Crippen LogP contribution in [0.5, 0.6) is 0 Å². The molecular weight excluding hydrogens is 456 g/mol. The number of rotatable bonds is 7. The molecule has 188 valence electrons. The van der Waals surface area contributed by atoms with Gasteiger partial charge < -0.3 is 5.73 Å². The van der Waals surface area contributed by atoms with Crippen LogP contribution in [0.25, 0.3) is 10.9 Å². The fourth-order valence-corrected chi connectivity index (χ4v) is 7.11. The van der Waals surface area contributed by atoms with Gasteiger partial charge in [0.15, 0.2) is 5.96 Å². The number of hydrogen-bond acceptors (Lipinski definition) is 4. The lowest BCUT2D eigenvalue weighted by Gasteiger charge is -2.35. The number of carbonyl (C=O) groups excluding carboxylic acids is 1. The Hall–Kier alpha value is -2.14. The Kier molecular flexibility index (Phi) is 7.34. The highest BCUT2D eigenvalue weighted by atomic mass is 35.5. The van der Waals surface area contributed by atoms with Gasteiger partial charge in [-0.3, -0.25) is 14.7 Å². The van der Waals surface area contributed by atoms with Crippen LogP contribution < -0.4 is 5.73 Å².